The first-order valence-electron chi connectivity index (χ1n) is 15.9. The molecule has 0 spiro atoms. The second-order valence-electron chi connectivity index (χ2n) is 14.5. The summed E-state index contributed by atoms with van der Waals surface area (Å²) in [6.07, 6.45) is 3.49. The first-order chi connectivity index (χ1) is 21.0. The highest BCUT2D eigenvalue weighted by molar-refractivity contribution is 6.00. The van der Waals surface area contributed by atoms with E-state index >= 15 is 4.39 Å². The quantitative estimate of drug-likeness (QED) is 0.287. The number of nitrogens with two attached hydrogens (primary N) is 1. The van der Waals surface area contributed by atoms with Crippen LogP contribution in [0.5, 0.6) is 0 Å². The van der Waals surface area contributed by atoms with E-state index in [1.807, 2.05) is 41.9 Å². The van der Waals surface area contributed by atoms with Gasteiger partial charge in [0, 0.05) is 24.5 Å². The minimum absolute atomic E-state index is 0.0192. The lowest BCUT2D eigenvalue weighted by Crippen LogP contribution is -2.44. The fraction of sp³-hybridized carbons (Fsp3) is 0.618. The van der Waals surface area contributed by atoms with Gasteiger partial charge in [-0.3, -0.25) is 19.2 Å². The van der Waals surface area contributed by atoms with Gasteiger partial charge in [0.15, 0.2) is 17.7 Å². The fourth-order valence-corrected chi connectivity index (χ4v) is 6.83. The van der Waals surface area contributed by atoms with Gasteiger partial charge in [0.1, 0.15) is 18.3 Å². The van der Waals surface area contributed by atoms with E-state index in [1.54, 1.807) is 10.7 Å². The van der Waals surface area contributed by atoms with Gasteiger partial charge in [-0.25, -0.2) is 9.07 Å². The van der Waals surface area contributed by atoms with Crippen molar-refractivity contribution in [3.63, 3.8) is 0 Å². The Morgan fingerprint density at radius 1 is 1.13 bits per heavy atom. The molecule has 1 amide bonds. The number of amides is 1. The zero-order valence-corrected chi connectivity index (χ0v) is 27.7. The molecule has 2 aromatic rings. The number of fused-ring (bicyclic) bond motifs is 1. The molecule has 1 aromatic heterocycles. The number of ether oxygens (including phenoxy) is 2. The number of hydrogen-bond acceptors (Lipinski definition) is 7. The molecule has 1 unspecified atom stereocenters. The number of carbonyl (C=O) groups excluding carboxylic acids is 4. The number of quaternary nitrogens is 1. The van der Waals surface area contributed by atoms with Gasteiger partial charge >= 0.3 is 11.9 Å². The van der Waals surface area contributed by atoms with E-state index < -0.39 is 29.8 Å². The summed E-state index contributed by atoms with van der Waals surface area (Å²) in [7, 11) is 5.87. The third kappa shape index (κ3) is 8.36. The number of rotatable bonds is 11. The summed E-state index contributed by atoms with van der Waals surface area (Å²) >= 11 is 0. The van der Waals surface area contributed by atoms with E-state index in [2.05, 4.69) is 5.10 Å². The Labute approximate surface area is 265 Å². The molecule has 45 heavy (non-hydrogen) atoms. The summed E-state index contributed by atoms with van der Waals surface area (Å²) in [5.41, 5.74) is 7.92. The van der Waals surface area contributed by atoms with Gasteiger partial charge in [0.05, 0.1) is 44.5 Å². The average Bonchev–Trinajstić information content (AvgIpc) is 3.26. The van der Waals surface area contributed by atoms with Crippen molar-refractivity contribution < 1.29 is 37.5 Å². The second-order valence-corrected chi connectivity index (χ2v) is 14.5. The molecule has 11 heteroatoms. The number of Topliss-reactive ketones (excluding diaryl/α,β-unsaturated/α-hetero) is 1. The van der Waals surface area contributed by atoms with Crippen LogP contribution in [0.15, 0.2) is 12.1 Å². The molecule has 2 aliphatic carbocycles. The van der Waals surface area contributed by atoms with E-state index in [4.69, 9.17) is 15.2 Å². The van der Waals surface area contributed by atoms with E-state index in [9.17, 15) is 19.2 Å². The molecule has 10 nitrogen and oxygen atoms in total. The summed E-state index contributed by atoms with van der Waals surface area (Å²) in [5, 5.41) is 4.68. The Kier molecular flexibility index (Phi) is 10.2. The highest BCUT2D eigenvalue weighted by atomic mass is 19.1. The predicted octanol–water partition coefficient (Wildman–Crippen LogP) is 4.50. The summed E-state index contributed by atoms with van der Waals surface area (Å²) in [6.45, 7) is 7.76. The van der Waals surface area contributed by atoms with Crippen LogP contribution in [0, 0.1) is 17.2 Å². The Morgan fingerprint density at radius 2 is 1.80 bits per heavy atom. The first-order valence-corrected chi connectivity index (χ1v) is 15.9. The normalized spacial score (nSPS) is 20.3. The number of esters is 2. The van der Waals surface area contributed by atoms with Crippen LogP contribution in [-0.4, -0.2) is 77.8 Å². The Hall–Kier alpha value is -3.60. The van der Waals surface area contributed by atoms with Gasteiger partial charge in [-0.15, -0.1) is 0 Å². The maximum Gasteiger partial charge on any atom is 0.310 e. The number of primary amides is 1. The highest BCUT2D eigenvalue weighted by Gasteiger charge is 2.37. The summed E-state index contributed by atoms with van der Waals surface area (Å²) < 4.78 is 29.6. The van der Waals surface area contributed by atoms with Crippen molar-refractivity contribution >= 4 is 23.6 Å². The summed E-state index contributed by atoms with van der Waals surface area (Å²) in [4.78, 5) is 49.7. The predicted molar refractivity (Wildman–Crippen MR) is 166 cm³/mol. The standard InChI is InChI=1S/C34H47FN4O6/c1-8-26-31-28(17-34(3,4)18-29(31)41)38(37-26)27-14-13-24(33(36)43)25(32(27)35)15-21-9-11-22(12-10-21)45-30(42)16-23(44-20(2)40)19-39(5,6)7/h13-14,21-23H,8-12,15-19H2,1-7H3,(H-,36,43)/p+1. The van der Waals surface area contributed by atoms with Crippen molar-refractivity contribution in [3.05, 3.63) is 46.0 Å². The van der Waals surface area contributed by atoms with Crippen LogP contribution in [0.1, 0.15) is 104 Å². The number of hydrogen-bond donors (Lipinski definition) is 1. The molecule has 0 aliphatic heterocycles. The molecule has 1 atom stereocenters. The van der Waals surface area contributed by atoms with Gasteiger partial charge in [0.2, 0.25) is 5.91 Å². The van der Waals surface area contributed by atoms with Gasteiger partial charge in [-0.2, -0.15) is 5.10 Å². The number of aromatic nitrogens is 2. The number of aryl methyl sites for hydroxylation is 1. The van der Waals surface area contributed by atoms with Crippen LogP contribution in [0.3, 0.4) is 0 Å². The topological polar surface area (TPSA) is 131 Å². The molecule has 0 saturated heterocycles. The Balaban J connectivity index is 1.49. The van der Waals surface area contributed by atoms with Crippen molar-refractivity contribution in [2.45, 2.75) is 97.7 Å². The summed E-state index contributed by atoms with van der Waals surface area (Å²) in [5.74, 6) is -2.05. The molecular weight excluding hydrogens is 579 g/mol. The molecule has 1 heterocycles. The van der Waals surface area contributed by atoms with Crippen molar-refractivity contribution in [1.82, 2.24) is 9.78 Å². The molecule has 2 aliphatic rings. The Morgan fingerprint density at radius 3 is 2.38 bits per heavy atom. The zero-order chi connectivity index (χ0) is 33.3. The molecule has 0 radical (unpaired) electrons. The van der Waals surface area contributed by atoms with E-state index in [-0.39, 0.29) is 46.5 Å². The van der Waals surface area contributed by atoms with Crippen LogP contribution >= 0.6 is 0 Å². The number of likely N-dealkylation sites (N-methyl/N-ethyl adjacent to an activating group) is 1. The third-order valence-electron chi connectivity index (χ3n) is 8.73. The lowest BCUT2D eigenvalue weighted by Gasteiger charge is -2.31. The largest absolute Gasteiger partial charge is 0.462 e. The minimum Gasteiger partial charge on any atom is -0.462 e. The van der Waals surface area contributed by atoms with E-state index in [1.165, 1.54) is 13.0 Å². The van der Waals surface area contributed by atoms with Crippen LogP contribution in [0.4, 0.5) is 4.39 Å². The monoisotopic (exact) mass is 627 g/mol. The van der Waals surface area contributed by atoms with Crippen LogP contribution < -0.4 is 5.73 Å². The highest BCUT2D eigenvalue weighted by Crippen LogP contribution is 2.39. The number of carbonyl (C=O) groups is 4. The average molecular weight is 628 g/mol. The number of halogens is 1. The number of benzene rings is 1. The molecule has 4 rings (SSSR count). The maximum atomic E-state index is 16.4. The fourth-order valence-electron chi connectivity index (χ4n) is 6.83. The van der Waals surface area contributed by atoms with E-state index in [0.717, 1.165) is 0 Å². The molecule has 1 aromatic carbocycles. The van der Waals surface area contributed by atoms with Crippen molar-refractivity contribution in [2.24, 2.45) is 17.1 Å². The van der Waals surface area contributed by atoms with Gasteiger partial charge in [-0.05, 0) is 68.4 Å². The van der Waals surface area contributed by atoms with Crippen molar-refractivity contribution in [1.29, 1.82) is 0 Å². The SMILES string of the molecule is CCc1nn(-c2ccc(C(N)=O)c(CC3CCC(OC(=O)CC(C[N+](C)(C)C)OC(C)=O)CC3)c2F)c2c1C(=O)CC(C)(C)C2. The molecule has 2 N–H and O–H groups in total. The third-order valence-corrected chi connectivity index (χ3v) is 8.73. The van der Waals surface area contributed by atoms with Crippen molar-refractivity contribution in [3.8, 4) is 5.69 Å². The molecule has 1 fully saturated rings. The van der Waals surface area contributed by atoms with Crippen LogP contribution in [-0.2, 0) is 38.3 Å². The van der Waals surface area contributed by atoms with Crippen molar-refractivity contribution in [2.75, 3.05) is 27.7 Å². The lowest BCUT2D eigenvalue weighted by molar-refractivity contribution is -0.873. The van der Waals surface area contributed by atoms with Crippen LogP contribution in [0.2, 0.25) is 0 Å². The first kappa shape index (κ1) is 34.3. The van der Waals surface area contributed by atoms with Crippen LogP contribution in [0.25, 0.3) is 5.69 Å². The van der Waals surface area contributed by atoms with Gasteiger partial charge in [-0.1, -0.05) is 20.8 Å². The zero-order valence-electron chi connectivity index (χ0n) is 27.7. The molecule has 1 saturated carbocycles. The van der Waals surface area contributed by atoms with Gasteiger partial charge < -0.3 is 19.7 Å². The maximum absolute atomic E-state index is 16.4. The molecular formula is C34H48FN4O6+. The smallest absolute Gasteiger partial charge is 0.310 e. The van der Waals surface area contributed by atoms with Gasteiger partial charge in [0.25, 0.3) is 0 Å². The number of ketones is 1. The summed E-state index contributed by atoms with van der Waals surface area (Å²) in [6, 6.07) is 3.07. The lowest BCUT2D eigenvalue weighted by atomic mass is 9.75. The Bertz CT molecular complexity index is 1470. The second kappa shape index (κ2) is 13.4. The molecule has 246 valence electrons. The van der Waals surface area contributed by atoms with E-state index in [0.29, 0.717) is 79.3 Å². The molecule has 0 bridgehead atoms. The number of nitrogens with zero attached hydrogens (tertiary/aromatic N) is 3. The minimum atomic E-state index is -0.706.